The van der Waals surface area contributed by atoms with Crippen LogP contribution in [0.3, 0.4) is 0 Å². The summed E-state index contributed by atoms with van der Waals surface area (Å²) in [5.74, 6) is -0.0781. The van der Waals surface area contributed by atoms with Crippen molar-refractivity contribution >= 4 is 33.4 Å². The van der Waals surface area contributed by atoms with E-state index in [0.717, 1.165) is 43.7 Å². The Bertz CT molecular complexity index is 922. The molecule has 0 radical (unpaired) electrons. The topological polar surface area (TPSA) is 57.7 Å². The number of rotatable bonds is 5. The van der Waals surface area contributed by atoms with Crippen LogP contribution in [0.5, 0.6) is 0 Å². The first-order chi connectivity index (χ1) is 13.4. The smallest absolute Gasteiger partial charge is 0.264 e. The Hall–Kier alpha value is -1.99. The molecule has 0 unspecified atom stereocenters. The summed E-state index contributed by atoms with van der Waals surface area (Å²) < 4.78 is 27.5. The predicted octanol–water partition coefficient (Wildman–Crippen LogP) is 4.25. The first-order valence-electron chi connectivity index (χ1n) is 9.46. The minimum Gasteiger partial charge on any atom is -0.339 e. The molecule has 1 aliphatic heterocycles. The summed E-state index contributed by atoms with van der Waals surface area (Å²) in [5.41, 5.74) is 1.05. The van der Waals surface area contributed by atoms with Crippen LogP contribution in [-0.4, -0.2) is 45.6 Å². The highest BCUT2D eigenvalue weighted by Gasteiger charge is 2.26. The van der Waals surface area contributed by atoms with Crippen LogP contribution in [0.15, 0.2) is 58.3 Å². The number of hydrogen-bond donors (Lipinski definition) is 0. The summed E-state index contributed by atoms with van der Waals surface area (Å²) >= 11 is 1.46. The van der Waals surface area contributed by atoms with E-state index in [1.54, 1.807) is 36.4 Å². The van der Waals surface area contributed by atoms with E-state index in [0.29, 0.717) is 11.3 Å². The lowest BCUT2D eigenvalue weighted by atomic mass is 10.2. The number of amides is 1. The van der Waals surface area contributed by atoms with Gasteiger partial charge in [0.25, 0.3) is 15.9 Å². The van der Waals surface area contributed by atoms with E-state index in [4.69, 9.17) is 0 Å². The molecular formula is C21H26N2O3S2. The van der Waals surface area contributed by atoms with Crippen molar-refractivity contribution < 1.29 is 13.2 Å². The van der Waals surface area contributed by atoms with Gasteiger partial charge in [-0.15, -0.1) is 11.8 Å². The van der Waals surface area contributed by atoms with Gasteiger partial charge in [0.15, 0.2) is 0 Å². The van der Waals surface area contributed by atoms with Gasteiger partial charge in [-0.1, -0.05) is 31.0 Å². The summed E-state index contributed by atoms with van der Waals surface area (Å²) in [6, 6.07) is 13.8. The molecule has 1 aliphatic rings. The number of para-hydroxylation sites is 1. The minimum atomic E-state index is -3.76. The third-order valence-electron chi connectivity index (χ3n) is 5.07. The Morgan fingerprint density at radius 1 is 1.00 bits per heavy atom. The molecule has 7 heteroatoms. The number of likely N-dealkylation sites (tertiary alicyclic amines) is 1. The molecule has 150 valence electrons. The van der Waals surface area contributed by atoms with Crippen LogP contribution in [0, 0.1) is 0 Å². The summed E-state index contributed by atoms with van der Waals surface area (Å²) in [5, 5.41) is 0. The van der Waals surface area contributed by atoms with Gasteiger partial charge in [0, 0.05) is 25.0 Å². The van der Waals surface area contributed by atoms with Crippen LogP contribution < -0.4 is 4.31 Å². The van der Waals surface area contributed by atoms with Crippen molar-refractivity contribution in [3.05, 3.63) is 54.1 Å². The van der Waals surface area contributed by atoms with Gasteiger partial charge in [-0.05, 0) is 49.4 Å². The second kappa shape index (κ2) is 9.01. The van der Waals surface area contributed by atoms with Crippen LogP contribution in [0.1, 0.15) is 36.0 Å². The number of carbonyl (C=O) groups excluding carboxylic acids is 1. The van der Waals surface area contributed by atoms with Crippen molar-refractivity contribution in [1.82, 2.24) is 4.90 Å². The first kappa shape index (κ1) is 20.7. The van der Waals surface area contributed by atoms with Crippen molar-refractivity contribution in [2.45, 2.75) is 35.5 Å². The Morgan fingerprint density at radius 3 is 2.25 bits per heavy atom. The van der Waals surface area contributed by atoms with E-state index in [2.05, 4.69) is 0 Å². The number of sulfonamides is 1. The van der Waals surface area contributed by atoms with Crippen molar-refractivity contribution in [2.24, 2.45) is 0 Å². The molecule has 5 nitrogen and oxygen atoms in total. The molecule has 0 saturated carbocycles. The van der Waals surface area contributed by atoms with E-state index >= 15 is 0 Å². The van der Waals surface area contributed by atoms with Crippen LogP contribution >= 0.6 is 11.8 Å². The van der Waals surface area contributed by atoms with Gasteiger partial charge in [-0.25, -0.2) is 8.42 Å². The summed E-state index contributed by atoms with van der Waals surface area (Å²) in [4.78, 5) is 16.0. The average Bonchev–Trinajstić information content (AvgIpc) is 3.02. The predicted molar refractivity (Wildman–Crippen MR) is 115 cm³/mol. The summed E-state index contributed by atoms with van der Waals surface area (Å²) in [6.07, 6.45) is 6.16. The molecule has 3 rings (SSSR count). The fourth-order valence-corrected chi connectivity index (χ4v) is 5.19. The number of thioether (sulfide) groups is 1. The van der Waals surface area contributed by atoms with Gasteiger partial charge < -0.3 is 4.90 Å². The van der Waals surface area contributed by atoms with Gasteiger partial charge >= 0.3 is 0 Å². The van der Waals surface area contributed by atoms with Crippen LogP contribution in [0.2, 0.25) is 0 Å². The molecule has 0 N–H and O–H groups in total. The molecule has 2 aromatic rings. The monoisotopic (exact) mass is 418 g/mol. The fraction of sp³-hybridized carbons (Fsp3) is 0.381. The zero-order chi connectivity index (χ0) is 20.1. The Kier molecular flexibility index (Phi) is 6.67. The first-order valence-corrected chi connectivity index (χ1v) is 12.1. The molecule has 0 spiro atoms. The molecular weight excluding hydrogens is 392 g/mol. The van der Waals surface area contributed by atoms with Crippen molar-refractivity contribution in [2.75, 3.05) is 30.7 Å². The Labute approximate surface area is 171 Å². The number of hydrogen-bond acceptors (Lipinski definition) is 4. The maximum Gasteiger partial charge on any atom is 0.264 e. The number of nitrogens with zero attached hydrogens (tertiary/aromatic N) is 2. The quantitative estimate of drug-likeness (QED) is 0.681. The molecule has 2 aromatic carbocycles. The van der Waals surface area contributed by atoms with Crippen LogP contribution in [0.25, 0.3) is 0 Å². The second-order valence-corrected chi connectivity index (χ2v) is 9.69. The van der Waals surface area contributed by atoms with E-state index in [-0.39, 0.29) is 10.8 Å². The highest BCUT2D eigenvalue weighted by molar-refractivity contribution is 7.98. The normalized spacial score (nSPS) is 15.1. The lowest BCUT2D eigenvalue weighted by Crippen LogP contribution is -2.32. The van der Waals surface area contributed by atoms with Crippen molar-refractivity contribution in [1.29, 1.82) is 0 Å². The SMILES string of the molecule is CSc1ccc(S(=O)(=O)N(C)c2ccccc2)cc1C(=O)N1CCCCCC1. The standard InChI is InChI=1S/C21H26N2O3S2/c1-22(17-10-6-5-7-11-17)28(25,26)18-12-13-20(27-2)19(16-18)21(24)23-14-8-3-4-9-15-23/h5-7,10-13,16H,3-4,8-9,14-15H2,1-2H3. The largest absolute Gasteiger partial charge is 0.339 e. The third-order valence-corrected chi connectivity index (χ3v) is 7.65. The summed E-state index contributed by atoms with van der Waals surface area (Å²) in [6.45, 7) is 1.46. The fourth-order valence-electron chi connectivity index (χ4n) is 3.39. The van der Waals surface area contributed by atoms with Crippen LogP contribution in [0.4, 0.5) is 5.69 Å². The number of carbonyl (C=O) groups is 1. The average molecular weight is 419 g/mol. The van der Waals surface area contributed by atoms with E-state index < -0.39 is 10.0 Å². The van der Waals surface area contributed by atoms with Gasteiger partial charge in [-0.3, -0.25) is 9.10 Å². The second-order valence-electron chi connectivity index (χ2n) is 6.88. The highest BCUT2D eigenvalue weighted by Crippen LogP contribution is 2.28. The van der Waals surface area contributed by atoms with Crippen molar-refractivity contribution in [3.63, 3.8) is 0 Å². The van der Waals surface area contributed by atoms with E-state index in [1.165, 1.54) is 29.2 Å². The van der Waals surface area contributed by atoms with Gasteiger partial charge in [-0.2, -0.15) is 0 Å². The highest BCUT2D eigenvalue weighted by atomic mass is 32.2. The molecule has 1 amide bonds. The molecule has 1 fully saturated rings. The lowest BCUT2D eigenvalue weighted by Gasteiger charge is -2.23. The zero-order valence-corrected chi connectivity index (χ0v) is 17.9. The Morgan fingerprint density at radius 2 is 1.64 bits per heavy atom. The number of benzene rings is 2. The van der Waals surface area contributed by atoms with E-state index in [1.807, 2.05) is 17.2 Å². The minimum absolute atomic E-state index is 0.0781. The maximum absolute atomic E-state index is 13.2. The van der Waals surface area contributed by atoms with Crippen LogP contribution in [-0.2, 0) is 10.0 Å². The molecule has 28 heavy (non-hydrogen) atoms. The Balaban J connectivity index is 1.97. The lowest BCUT2D eigenvalue weighted by molar-refractivity contribution is 0.0758. The molecule has 1 heterocycles. The molecule has 0 bridgehead atoms. The maximum atomic E-state index is 13.2. The third kappa shape index (κ3) is 4.36. The van der Waals surface area contributed by atoms with Crippen molar-refractivity contribution in [3.8, 4) is 0 Å². The molecule has 0 aliphatic carbocycles. The molecule has 1 saturated heterocycles. The van der Waals surface area contributed by atoms with Gasteiger partial charge in [0.05, 0.1) is 16.1 Å². The van der Waals surface area contributed by atoms with Gasteiger partial charge in [0.1, 0.15) is 0 Å². The molecule has 0 aromatic heterocycles. The van der Waals surface area contributed by atoms with E-state index in [9.17, 15) is 13.2 Å². The molecule has 0 atom stereocenters. The zero-order valence-electron chi connectivity index (χ0n) is 16.3. The summed E-state index contributed by atoms with van der Waals surface area (Å²) in [7, 11) is -2.23. The van der Waals surface area contributed by atoms with Gasteiger partial charge in [0.2, 0.25) is 0 Å². The number of anilines is 1.